The van der Waals surface area contributed by atoms with Crippen molar-refractivity contribution in [3.63, 3.8) is 0 Å². The molecule has 1 aliphatic heterocycles. The average Bonchev–Trinajstić information content (AvgIpc) is 3.30. The maximum absolute atomic E-state index is 9.39. The van der Waals surface area contributed by atoms with Crippen molar-refractivity contribution in [2.24, 2.45) is 5.73 Å². The molecule has 0 fully saturated rings. The number of fused-ring (bicyclic) bond motifs is 2. The van der Waals surface area contributed by atoms with Crippen molar-refractivity contribution < 1.29 is 19.1 Å². The number of aromatic nitrogens is 1. The van der Waals surface area contributed by atoms with E-state index in [0.29, 0.717) is 6.54 Å². The van der Waals surface area contributed by atoms with Crippen LogP contribution in [0.3, 0.4) is 0 Å². The first-order valence-electron chi connectivity index (χ1n) is 13.4. The summed E-state index contributed by atoms with van der Waals surface area (Å²) in [5.41, 5.74) is 11.4. The number of ether oxygens (including phenoxy) is 2. The molecule has 196 valence electrons. The molecule has 1 aliphatic rings. The summed E-state index contributed by atoms with van der Waals surface area (Å²) in [6, 6.07) is 27.3. The Morgan fingerprint density at radius 2 is 1.76 bits per heavy atom. The van der Waals surface area contributed by atoms with Gasteiger partial charge < -0.3 is 25.2 Å². The fourth-order valence-electron chi connectivity index (χ4n) is 5.07. The van der Waals surface area contributed by atoms with E-state index < -0.39 is 0 Å². The quantitative estimate of drug-likeness (QED) is 0.206. The zero-order chi connectivity index (χ0) is 26.3. The van der Waals surface area contributed by atoms with E-state index in [2.05, 4.69) is 70.1 Å². The number of benzene rings is 3. The van der Waals surface area contributed by atoms with Gasteiger partial charge in [-0.15, -0.1) is 0 Å². The highest BCUT2D eigenvalue weighted by atomic mass is 16.5. The molecule has 5 rings (SSSR count). The Kier molecular flexibility index (Phi) is 8.22. The van der Waals surface area contributed by atoms with Gasteiger partial charge in [-0.25, -0.2) is 0 Å². The van der Waals surface area contributed by atoms with Crippen LogP contribution in [0.2, 0.25) is 0 Å². The van der Waals surface area contributed by atoms with E-state index in [1.165, 1.54) is 16.5 Å². The third-order valence-electron chi connectivity index (χ3n) is 7.00. The summed E-state index contributed by atoms with van der Waals surface area (Å²) in [5.74, 6) is 2.37. The Labute approximate surface area is 224 Å². The van der Waals surface area contributed by atoms with Crippen LogP contribution in [-0.4, -0.2) is 31.9 Å². The lowest BCUT2D eigenvalue weighted by Crippen LogP contribution is -2.38. The van der Waals surface area contributed by atoms with Crippen LogP contribution in [-0.2, 0) is 6.54 Å². The highest BCUT2D eigenvalue weighted by molar-refractivity contribution is 5.89. The smallest absolute Gasteiger partial charge is 0.213 e. The number of aliphatic hydroxyl groups excluding tert-OH is 1. The minimum atomic E-state index is 0.173. The van der Waals surface area contributed by atoms with Gasteiger partial charge in [-0.05, 0) is 56.1 Å². The van der Waals surface area contributed by atoms with Gasteiger partial charge >= 0.3 is 0 Å². The molecule has 2 heterocycles. The highest BCUT2D eigenvalue weighted by Crippen LogP contribution is 2.42. The molecule has 3 aromatic carbocycles. The van der Waals surface area contributed by atoms with Crippen molar-refractivity contribution in [2.75, 3.05) is 31.7 Å². The number of aliphatic hydroxyl groups is 1. The number of hydrogen-bond donors (Lipinski definition) is 2. The van der Waals surface area contributed by atoms with Crippen LogP contribution in [0.5, 0.6) is 11.5 Å². The summed E-state index contributed by atoms with van der Waals surface area (Å²) < 4.78 is 14.3. The minimum Gasteiger partial charge on any atom is -0.497 e. The number of unbranched alkanes of at least 4 members (excludes halogenated alkanes) is 2. The van der Waals surface area contributed by atoms with Crippen molar-refractivity contribution in [1.82, 2.24) is 0 Å². The third kappa shape index (κ3) is 5.37. The highest BCUT2D eigenvalue weighted by Gasteiger charge is 2.28. The van der Waals surface area contributed by atoms with Gasteiger partial charge in [0.1, 0.15) is 12.3 Å². The van der Waals surface area contributed by atoms with Gasteiger partial charge in [0.25, 0.3) is 0 Å². The van der Waals surface area contributed by atoms with Crippen LogP contribution >= 0.6 is 0 Å². The van der Waals surface area contributed by atoms with E-state index in [0.717, 1.165) is 73.1 Å². The van der Waals surface area contributed by atoms with Crippen molar-refractivity contribution in [2.45, 2.75) is 32.2 Å². The summed E-state index contributed by atoms with van der Waals surface area (Å²) in [6.45, 7) is 2.50. The molecule has 3 N–H and O–H groups in total. The summed E-state index contributed by atoms with van der Waals surface area (Å²) in [5, 5.41) is 10.6. The van der Waals surface area contributed by atoms with Gasteiger partial charge in [-0.1, -0.05) is 30.3 Å². The lowest BCUT2D eigenvalue weighted by atomic mass is 10.0. The normalized spacial score (nSPS) is 13.7. The first-order chi connectivity index (χ1) is 18.7. The second kappa shape index (κ2) is 12.1. The van der Waals surface area contributed by atoms with Crippen molar-refractivity contribution >= 4 is 22.7 Å². The predicted molar refractivity (Wildman–Crippen MR) is 153 cm³/mol. The van der Waals surface area contributed by atoms with Crippen LogP contribution in [0.25, 0.3) is 28.2 Å². The molecule has 0 spiro atoms. The first-order valence-corrected chi connectivity index (χ1v) is 13.4. The van der Waals surface area contributed by atoms with Gasteiger partial charge in [-0.2, -0.15) is 4.57 Å². The summed E-state index contributed by atoms with van der Waals surface area (Å²) in [4.78, 5) is 2.19. The molecule has 0 unspecified atom stereocenters. The van der Waals surface area contributed by atoms with Crippen LogP contribution in [0, 0.1) is 0 Å². The molecular weight excluding hydrogens is 474 g/mol. The molecule has 0 amide bonds. The molecule has 0 saturated heterocycles. The minimum absolute atomic E-state index is 0.173. The molecule has 38 heavy (non-hydrogen) atoms. The van der Waals surface area contributed by atoms with Crippen LogP contribution in [0.4, 0.5) is 5.69 Å². The zero-order valence-corrected chi connectivity index (χ0v) is 22.0. The van der Waals surface area contributed by atoms with E-state index in [1.807, 2.05) is 24.3 Å². The molecule has 0 atom stereocenters. The Morgan fingerprint density at radius 3 is 2.55 bits per heavy atom. The van der Waals surface area contributed by atoms with E-state index >= 15 is 0 Å². The molecular formula is C32H36N3O3+. The molecule has 0 aliphatic carbocycles. The number of methoxy groups -OCH3 is 1. The SMILES string of the molecule is COc1ccc2c(c1)N(CCCCO)/C(=C\c1cc(-c3ccccc3)[n+](CCCCN)c3ccccc13)O2. The van der Waals surface area contributed by atoms with Gasteiger partial charge in [0.2, 0.25) is 17.1 Å². The van der Waals surface area contributed by atoms with Gasteiger partial charge in [-0.3, -0.25) is 0 Å². The number of anilines is 1. The van der Waals surface area contributed by atoms with E-state index in [9.17, 15) is 5.11 Å². The Bertz CT molecular complexity index is 1420. The number of nitrogens with zero attached hydrogens (tertiary/aromatic N) is 2. The Hall–Kier alpha value is -3.87. The van der Waals surface area contributed by atoms with Gasteiger partial charge in [0.05, 0.1) is 18.2 Å². The number of hydrogen-bond acceptors (Lipinski definition) is 5. The second-order valence-electron chi connectivity index (χ2n) is 9.52. The number of nitrogens with two attached hydrogens (primary N) is 1. The number of pyridine rings is 1. The Balaban J connectivity index is 1.65. The molecule has 6 heteroatoms. The van der Waals surface area contributed by atoms with Crippen LogP contribution in [0.15, 0.2) is 84.7 Å². The molecule has 4 aromatic rings. The van der Waals surface area contributed by atoms with Gasteiger partial charge in [0, 0.05) is 55.0 Å². The standard InChI is InChI=1S/C32H36N3O3/c1-37-26-15-16-31-30(23-26)35(19-9-10-20-36)32(38-31)22-25-21-29(24-11-3-2-4-12-24)34(18-8-7-17-33)28-14-6-5-13-27(25)28/h2-6,11-16,21-23,36H,7-10,17-20,33H2,1H3/q+1. The molecule has 0 saturated carbocycles. The van der Waals surface area contributed by atoms with Crippen molar-refractivity contribution in [3.8, 4) is 22.8 Å². The molecule has 6 nitrogen and oxygen atoms in total. The number of aryl methyl sites for hydroxylation is 1. The maximum atomic E-state index is 9.39. The summed E-state index contributed by atoms with van der Waals surface area (Å²) >= 11 is 0. The molecule has 0 radical (unpaired) electrons. The fourth-order valence-corrected chi connectivity index (χ4v) is 5.07. The monoisotopic (exact) mass is 510 g/mol. The van der Waals surface area contributed by atoms with Crippen LogP contribution in [0.1, 0.15) is 31.2 Å². The summed E-state index contributed by atoms with van der Waals surface area (Å²) in [6.07, 6.45) is 5.73. The van der Waals surface area contributed by atoms with Crippen molar-refractivity contribution in [1.29, 1.82) is 0 Å². The molecule has 1 aromatic heterocycles. The van der Waals surface area contributed by atoms with Crippen LogP contribution < -0.4 is 24.7 Å². The largest absolute Gasteiger partial charge is 0.497 e. The molecule has 0 bridgehead atoms. The van der Waals surface area contributed by atoms with E-state index in [4.69, 9.17) is 15.2 Å². The van der Waals surface area contributed by atoms with E-state index in [1.54, 1.807) is 7.11 Å². The maximum Gasteiger partial charge on any atom is 0.213 e. The summed E-state index contributed by atoms with van der Waals surface area (Å²) in [7, 11) is 1.67. The zero-order valence-electron chi connectivity index (χ0n) is 22.0. The Morgan fingerprint density at radius 1 is 0.947 bits per heavy atom. The van der Waals surface area contributed by atoms with Gasteiger partial charge in [0.15, 0.2) is 5.75 Å². The average molecular weight is 511 g/mol. The third-order valence-corrected chi connectivity index (χ3v) is 7.00. The lowest BCUT2D eigenvalue weighted by molar-refractivity contribution is -0.661. The number of para-hydroxylation sites is 1. The fraction of sp³-hybridized carbons (Fsp3) is 0.281. The van der Waals surface area contributed by atoms with E-state index in [-0.39, 0.29) is 6.61 Å². The lowest BCUT2D eigenvalue weighted by Gasteiger charge is -2.19. The predicted octanol–water partition coefficient (Wildman–Crippen LogP) is 5.51. The topological polar surface area (TPSA) is 71.8 Å². The van der Waals surface area contributed by atoms with Crippen molar-refractivity contribution in [3.05, 3.63) is 90.3 Å². The number of rotatable bonds is 11. The first kappa shape index (κ1) is 25.8. The second-order valence-corrected chi connectivity index (χ2v) is 9.52.